The van der Waals surface area contributed by atoms with E-state index >= 15 is 0 Å². The molecule has 12 heteroatoms. The summed E-state index contributed by atoms with van der Waals surface area (Å²) in [6, 6.07) is 19.7. The van der Waals surface area contributed by atoms with E-state index in [0.29, 0.717) is 47.4 Å². The summed E-state index contributed by atoms with van der Waals surface area (Å²) in [5.41, 5.74) is 4.20. The highest BCUT2D eigenvalue weighted by molar-refractivity contribution is 5.81. The number of fused-ring (bicyclic) bond motifs is 2. The van der Waals surface area contributed by atoms with Crippen LogP contribution < -0.4 is 21.1 Å². The lowest BCUT2D eigenvalue weighted by Gasteiger charge is -2.29. The Hall–Kier alpha value is -4.65. The molecule has 6 atom stereocenters. The molecule has 2 unspecified atom stereocenters. The summed E-state index contributed by atoms with van der Waals surface area (Å²) in [6.45, 7) is 4.13. The van der Waals surface area contributed by atoms with Crippen LogP contribution in [-0.4, -0.2) is 72.5 Å². The van der Waals surface area contributed by atoms with Crippen LogP contribution in [0.5, 0.6) is 5.75 Å². The molecule has 1 aromatic heterocycles. The molecular formula is C36H41N3O9. The molecule has 0 spiro atoms. The van der Waals surface area contributed by atoms with Crippen LogP contribution >= 0.6 is 0 Å². The molecule has 2 aliphatic heterocycles. The number of carbonyl (C=O) groups excluding carboxylic acids is 2. The van der Waals surface area contributed by atoms with Gasteiger partial charge in [0.05, 0.1) is 36.8 Å². The van der Waals surface area contributed by atoms with Crippen molar-refractivity contribution >= 4 is 23.1 Å². The Morgan fingerprint density at radius 2 is 1.71 bits per heavy atom. The quantitative estimate of drug-likeness (QED) is 0.168. The first-order chi connectivity index (χ1) is 23.2. The van der Waals surface area contributed by atoms with Gasteiger partial charge in [0.15, 0.2) is 18.5 Å². The zero-order chi connectivity index (χ0) is 33.6. The van der Waals surface area contributed by atoms with E-state index in [1.165, 1.54) is 0 Å². The van der Waals surface area contributed by atoms with Crippen LogP contribution in [0.3, 0.4) is 0 Å². The molecule has 2 fully saturated rings. The largest absolute Gasteiger partial charge is 0.483 e. The summed E-state index contributed by atoms with van der Waals surface area (Å²) in [7, 11) is 0. The highest BCUT2D eigenvalue weighted by Gasteiger charge is 2.44. The van der Waals surface area contributed by atoms with Gasteiger partial charge in [0, 0.05) is 11.6 Å². The lowest BCUT2D eigenvalue weighted by atomic mass is 9.93. The van der Waals surface area contributed by atoms with Gasteiger partial charge >= 0.3 is 11.8 Å². The van der Waals surface area contributed by atoms with Crippen LogP contribution in [0.4, 0.5) is 4.79 Å². The SMILES string of the molecule is Cc1cc2oc(=O)[nH]c2c(C)c1OCC(=O)N[C@@H](Cc1ccccc1)C[C@H](O)[C@H](Cc1ccccc1)NC(=O)O[C@H]1COC2OCCC21. The zero-order valence-electron chi connectivity index (χ0n) is 27.0. The van der Waals surface area contributed by atoms with Crippen LogP contribution in [0.1, 0.15) is 35.1 Å². The molecule has 2 aliphatic rings. The van der Waals surface area contributed by atoms with Crippen molar-refractivity contribution in [2.45, 2.75) is 70.1 Å². The number of amides is 2. The Balaban J connectivity index is 1.14. The van der Waals surface area contributed by atoms with Crippen LogP contribution in [0.2, 0.25) is 0 Å². The minimum Gasteiger partial charge on any atom is -0.483 e. The van der Waals surface area contributed by atoms with E-state index in [-0.39, 0.29) is 37.7 Å². The fraction of sp³-hybridized carbons (Fsp3) is 0.417. The van der Waals surface area contributed by atoms with E-state index in [2.05, 4.69) is 15.6 Å². The minimum atomic E-state index is -1.04. The average Bonchev–Trinajstić information content (AvgIpc) is 3.78. The third kappa shape index (κ3) is 8.07. The molecule has 12 nitrogen and oxygen atoms in total. The number of aromatic nitrogens is 1. The molecule has 0 aliphatic carbocycles. The summed E-state index contributed by atoms with van der Waals surface area (Å²) < 4.78 is 28.0. The van der Waals surface area contributed by atoms with Gasteiger partial charge in [-0.15, -0.1) is 0 Å². The number of nitrogens with one attached hydrogen (secondary N) is 3. The fourth-order valence-corrected chi connectivity index (χ4v) is 6.59. The maximum absolute atomic E-state index is 13.3. The molecule has 0 bridgehead atoms. The van der Waals surface area contributed by atoms with Crippen molar-refractivity contribution in [1.29, 1.82) is 0 Å². The predicted octanol–water partition coefficient (Wildman–Crippen LogP) is 3.69. The van der Waals surface area contributed by atoms with E-state index in [4.69, 9.17) is 23.4 Å². The Morgan fingerprint density at radius 1 is 1.00 bits per heavy atom. The molecule has 3 aromatic carbocycles. The minimum absolute atomic E-state index is 0.0163. The Morgan fingerprint density at radius 3 is 2.44 bits per heavy atom. The lowest BCUT2D eigenvalue weighted by molar-refractivity contribution is -0.124. The summed E-state index contributed by atoms with van der Waals surface area (Å²) >= 11 is 0. The molecule has 4 aromatic rings. The molecule has 0 radical (unpaired) electrons. The Kier molecular flexibility index (Phi) is 10.4. The number of aryl methyl sites for hydroxylation is 2. The first kappa shape index (κ1) is 33.3. The second kappa shape index (κ2) is 15.1. The van der Waals surface area contributed by atoms with Gasteiger partial charge in [0.1, 0.15) is 11.9 Å². The maximum Gasteiger partial charge on any atom is 0.417 e. The monoisotopic (exact) mass is 659 g/mol. The van der Waals surface area contributed by atoms with E-state index < -0.39 is 36.1 Å². The number of carbonyl (C=O) groups is 2. The summed E-state index contributed by atoms with van der Waals surface area (Å²) in [6.07, 6.45) is -0.795. The summed E-state index contributed by atoms with van der Waals surface area (Å²) in [4.78, 5) is 40.8. The number of oxazole rings is 1. The van der Waals surface area contributed by atoms with E-state index in [1.807, 2.05) is 67.6 Å². The van der Waals surface area contributed by atoms with E-state index in [1.54, 1.807) is 13.0 Å². The number of alkyl carbamates (subject to hydrolysis) is 1. The van der Waals surface area contributed by atoms with Crippen LogP contribution in [0.15, 0.2) is 75.9 Å². The van der Waals surface area contributed by atoms with Gasteiger partial charge in [0.2, 0.25) is 0 Å². The number of hydrogen-bond acceptors (Lipinski definition) is 9. The van der Waals surface area contributed by atoms with Crippen molar-refractivity contribution in [2.24, 2.45) is 5.92 Å². The Labute approximate surface area is 277 Å². The third-order valence-electron chi connectivity index (χ3n) is 8.97. The maximum atomic E-state index is 13.3. The standard InChI is InChI=1S/C36H41N3O9/c1-21-15-29-32(39-36(43)47-29)22(2)33(21)45-20-31(41)37-25(16-23-9-5-3-6-10-23)18-28(40)27(17-24-11-7-4-8-12-24)38-35(42)48-30-19-46-34-26(30)13-14-44-34/h3-12,15,25-28,30,34,40H,13-14,16-20H2,1-2H3,(H,37,41)(H,38,42)(H,39,43)/t25-,26?,27-,28-,30-,34?/m0/s1. The first-order valence-corrected chi connectivity index (χ1v) is 16.2. The average molecular weight is 660 g/mol. The van der Waals surface area contributed by atoms with Crippen LogP contribution in [0.25, 0.3) is 11.1 Å². The van der Waals surface area contributed by atoms with Crippen molar-refractivity contribution in [3.63, 3.8) is 0 Å². The topological polar surface area (TPSA) is 161 Å². The number of rotatable bonds is 13. The highest BCUT2D eigenvalue weighted by atomic mass is 16.7. The Bertz CT molecular complexity index is 1760. The lowest BCUT2D eigenvalue weighted by Crippen LogP contribution is -2.50. The molecule has 2 saturated heterocycles. The molecule has 0 saturated carbocycles. The smallest absolute Gasteiger partial charge is 0.417 e. The molecule has 48 heavy (non-hydrogen) atoms. The van der Waals surface area contributed by atoms with E-state index in [0.717, 1.165) is 17.5 Å². The van der Waals surface area contributed by atoms with Crippen molar-refractivity contribution in [3.05, 3.63) is 99.5 Å². The molecule has 6 rings (SSSR count). The first-order valence-electron chi connectivity index (χ1n) is 16.2. The number of benzene rings is 3. The van der Waals surface area contributed by atoms with Gasteiger partial charge < -0.3 is 39.1 Å². The van der Waals surface area contributed by atoms with Gasteiger partial charge in [-0.2, -0.15) is 0 Å². The van der Waals surface area contributed by atoms with Gasteiger partial charge in [-0.05, 0) is 62.3 Å². The van der Waals surface area contributed by atoms with Gasteiger partial charge in [-0.25, -0.2) is 9.59 Å². The van der Waals surface area contributed by atoms with Crippen molar-refractivity contribution in [3.8, 4) is 5.75 Å². The second-order valence-electron chi connectivity index (χ2n) is 12.5. The normalized spacial score (nSPS) is 20.5. The van der Waals surface area contributed by atoms with Crippen molar-refractivity contribution in [1.82, 2.24) is 15.6 Å². The van der Waals surface area contributed by atoms with Gasteiger partial charge in [0.25, 0.3) is 5.91 Å². The van der Waals surface area contributed by atoms with Crippen LogP contribution in [-0.2, 0) is 31.8 Å². The number of H-pyrrole nitrogens is 1. The molecule has 4 N–H and O–H groups in total. The number of hydrogen-bond donors (Lipinski definition) is 4. The summed E-state index contributed by atoms with van der Waals surface area (Å²) in [5.74, 6) is -0.493. The number of aromatic amines is 1. The molecule has 3 heterocycles. The number of aliphatic hydroxyl groups excluding tert-OH is 1. The zero-order valence-corrected chi connectivity index (χ0v) is 27.0. The number of aliphatic hydroxyl groups is 1. The van der Waals surface area contributed by atoms with Crippen molar-refractivity contribution < 1.29 is 38.1 Å². The molecule has 254 valence electrons. The third-order valence-corrected chi connectivity index (χ3v) is 8.97. The van der Waals surface area contributed by atoms with Gasteiger partial charge in [-0.3, -0.25) is 9.78 Å². The van der Waals surface area contributed by atoms with E-state index in [9.17, 15) is 19.5 Å². The van der Waals surface area contributed by atoms with Crippen LogP contribution in [0, 0.1) is 19.8 Å². The molecule has 2 amide bonds. The second-order valence-corrected chi connectivity index (χ2v) is 12.5. The number of ether oxygens (including phenoxy) is 4. The molecular weight excluding hydrogens is 618 g/mol. The predicted molar refractivity (Wildman–Crippen MR) is 176 cm³/mol. The summed E-state index contributed by atoms with van der Waals surface area (Å²) in [5, 5.41) is 17.6. The van der Waals surface area contributed by atoms with Crippen molar-refractivity contribution in [2.75, 3.05) is 19.8 Å². The fourth-order valence-electron chi connectivity index (χ4n) is 6.59. The van der Waals surface area contributed by atoms with Gasteiger partial charge in [-0.1, -0.05) is 60.7 Å². The highest BCUT2D eigenvalue weighted by Crippen LogP contribution is 2.33.